The van der Waals surface area contributed by atoms with Crippen molar-refractivity contribution in [3.05, 3.63) is 0 Å². The van der Waals surface area contributed by atoms with Crippen LogP contribution in [0.1, 0.15) is 1.43 Å². The molecule has 0 aromatic heterocycles. The summed E-state index contributed by atoms with van der Waals surface area (Å²) in [7, 11) is 0. The Morgan fingerprint density at radius 3 is 1.20 bits per heavy atom. The second-order valence-corrected chi connectivity index (χ2v) is 0. The maximum atomic E-state index is 0. The van der Waals surface area contributed by atoms with Gasteiger partial charge in [-0.2, -0.15) is 0 Å². The molecular formula is H12AlGaInLiSn. The standard InChI is InChI=1S/Al.Ga.In.Li.Sn.12H/q;;;+1;;;;;;;;;;;;;-1. The molecule has 0 saturated carbocycles. The molecule has 0 saturated heterocycles. The van der Waals surface area contributed by atoms with Crippen LogP contribution >= 0.6 is 0 Å². The fraction of sp³-hybridized carbons (Fsp3) is 0. The molecule has 0 aliphatic heterocycles. The summed E-state index contributed by atoms with van der Waals surface area (Å²) in [5, 5.41) is 0. The first-order valence-corrected chi connectivity index (χ1v) is 0. The molecule has 0 atom stereocenters. The first-order chi connectivity index (χ1) is 0. The van der Waals surface area contributed by atoms with Crippen molar-refractivity contribution in [1.29, 1.82) is 0 Å². The zero-order chi connectivity index (χ0) is 0. The van der Waals surface area contributed by atoms with E-state index in [1.54, 1.807) is 0 Å². The predicted molar refractivity (Wildman–Crippen MR) is 39.5 cm³/mol. The molecule has 0 N–H and O–H groups in total. The second kappa shape index (κ2) is 26.1. The summed E-state index contributed by atoms with van der Waals surface area (Å²) in [5.74, 6) is 0. The van der Waals surface area contributed by atoms with E-state index in [-0.39, 0.29) is 107 Å². The van der Waals surface area contributed by atoms with E-state index < -0.39 is 0 Å². The molecule has 0 bridgehead atoms. The van der Waals surface area contributed by atoms with Crippen molar-refractivity contribution in [2.24, 2.45) is 0 Å². The Labute approximate surface area is 105 Å². The monoisotopic (exact) mass is 350 g/mol. The van der Waals surface area contributed by atoms with E-state index in [1.807, 2.05) is 0 Å². The van der Waals surface area contributed by atoms with Gasteiger partial charge in [0.15, 0.2) is 17.4 Å². The van der Waals surface area contributed by atoms with E-state index in [9.17, 15) is 0 Å². The van der Waals surface area contributed by atoms with Gasteiger partial charge in [0.2, 0.25) is 0 Å². The third kappa shape index (κ3) is 18.6. The van der Waals surface area contributed by atoms with Crippen molar-refractivity contribution in [2.45, 2.75) is 0 Å². The van der Waals surface area contributed by atoms with Crippen molar-refractivity contribution in [3.8, 4) is 0 Å². The van der Waals surface area contributed by atoms with Crippen molar-refractivity contribution >= 4 is 86.9 Å². The maximum absolute atomic E-state index is 0. The molecule has 2 radical (unpaired) electrons. The molecule has 0 aromatic carbocycles. The van der Waals surface area contributed by atoms with Gasteiger partial charge >= 0.3 is 88.4 Å². The van der Waals surface area contributed by atoms with Gasteiger partial charge in [0.25, 0.3) is 0 Å². The molecule has 0 amide bonds. The third-order valence-electron chi connectivity index (χ3n) is 0. The van der Waals surface area contributed by atoms with E-state index >= 15 is 0 Å². The minimum absolute atomic E-state index is 0. The van der Waals surface area contributed by atoms with Gasteiger partial charge in [-0.25, -0.2) is 0 Å². The van der Waals surface area contributed by atoms with Gasteiger partial charge in [0.1, 0.15) is 0 Å². The third-order valence-corrected chi connectivity index (χ3v) is 0. The van der Waals surface area contributed by atoms with Crippen LogP contribution in [0, 0.1) is 0 Å². The first-order valence-electron chi connectivity index (χ1n) is 0. The Kier molecular flexibility index (Phi) is 206. The van der Waals surface area contributed by atoms with Crippen LogP contribution in [0.25, 0.3) is 0 Å². The molecule has 0 fully saturated rings. The molecule has 0 aliphatic carbocycles. The Balaban J connectivity index is 0. The Hall–Kier alpha value is 3.44. The van der Waals surface area contributed by atoms with Crippen molar-refractivity contribution in [1.82, 2.24) is 0 Å². The normalized spacial score (nSPS) is 0. The Bertz CT molecular complexity index is 15.5. The first kappa shape index (κ1) is 39.5. The summed E-state index contributed by atoms with van der Waals surface area (Å²) < 4.78 is 0. The average Bonchev–Trinajstić information content (AvgIpc) is 0. The van der Waals surface area contributed by atoms with E-state index in [4.69, 9.17) is 0 Å². The Morgan fingerprint density at radius 2 is 1.20 bits per heavy atom. The zero-order valence-electron chi connectivity index (χ0n) is 2.71. The fourth-order valence-electron chi connectivity index (χ4n) is 0. The second-order valence-electron chi connectivity index (χ2n) is 0. The van der Waals surface area contributed by atoms with Gasteiger partial charge < -0.3 is 1.43 Å². The van der Waals surface area contributed by atoms with Crippen LogP contribution < -0.4 is 18.9 Å². The summed E-state index contributed by atoms with van der Waals surface area (Å²) in [4.78, 5) is 0. The minimum atomic E-state index is 0. The summed E-state index contributed by atoms with van der Waals surface area (Å²) >= 11 is 0. The van der Waals surface area contributed by atoms with Crippen LogP contribution in [0.15, 0.2) is 0 Å². The van der Waals surface area contributed by atoms with Gasteiger partial charge in [-0.05, 0) is 0 Å². The van der Waals surface area contributed by atoms with E-state index in [0.29, 0.717) is 0 Å². The summed E-state index contributed by atoms with van der Waals surface area (Å²) in [6.07, 6.45) is 0. The van der Waals surface area contributed by atoms with Gasteiger partial charge in [-0.3, -0.25) is 0 Å². The van der Waals surface area contributed by atoms with Crippen LogP contribution in [-0.2, 0) is 0 Å². The molecule has 0 nitrogen and oxygen atoms in total. The van der Waals surface area contributed by atoms with Gasteiger partial charge in [-0.15, -0.1) is 0 Å². The summed E-state index contributed by atoms with van der Waals surface area (Å²) in [6, 6.07) is 0. The summed E-state index contributed by atoms with van der Waals surface area (Å²) in [6.45, 7) is 0. The molecule has 0 unspecified atom stereocenters. The van der Waals surface area contributed by atoms with Crippen LogP contribution in [0.4, 0.5) is 0 Å². The molecule has 0 spiro atoms. The Morgan fingerprint density at radius 1 is 1.20 bits per heavy atom. The summed E-state index contributed by atoms with van der Waals surface area (Å²) in [5.41, 5.74) is 0. The van der Waals surface area contributed by atoms with Crippen LogP contribution in [-0.4, -0.2) is 86.9 Å². The van der Waals surface area contributed by atoms with Crippen LogP contribution in [0.5, 0.6) is 0 Å². The number of hydrogen-bond donors (Lipinski definition) is 0. The number of hydrogen-bond acceptors (Lipinski definition) is 0. The molecule has 0 aliphatic rings. The fourth-order valence-corrected chi connectivity index (χ4v) is 0. The SMILES string of the molecule is [AlH3].[GaH3].[H-].[InH3].[Li+].[SnH2]. The van der Waals surface area contributed by atoms with Crippen molar-refractivity contribution in [2.75, 3.05) is 0 Å². The van der Waals surface area contributed by atoms with Crippen LogP contribution in [0.2, 0.25) is 0 Å². The molecule has 0 heterocycles. The van der Waals surface area contributed by atoms with E-state index in [1.165, 1.54) is 0 Å². The van der Waals surface area contributed by atoms with Crippen LogP contribution in [0.3, 0.4) is 0 Å². The van der Waals surface area contributed by atoms with E-state index in [0.717, 1.165) is 0 Å². The molecular weight excluding hydrogens is 337 g/mol. The van der Waals surface area contributed by atoms with Crippen molar-refractivity contribution < 1.29 is 20.3 Å². The molecule has 0 rings (SSSR count). The van der Waals surface area contributed by atoms with Crippen molar-refractivity contribution in [3.63, 3.8) is 0 Å². The molecule has 26 valence electrons. The zero-order valence-corrected chi connectivity index (χ0v) is 5.74. The van der Waals surface area contributed by atoms with E-state index in [2.05, 4.69) is 0 Å². The quantitative estimate of drug-likeness (QED) is 0.382. The predicted octanol–water partition coefficient (Wildman–Crippen LogP) is -7.35. The van der Waals surface area contributed by atoms with Gasteiger partial charge in [-0.1, -0.05) is 0 Å². The molecule has 5 heteroatoms. The van der Waals surface area contributed by atoms with Gasteiger partial charge in [0, 0.05) is 0 Å². The number of rotatable bonds is 0. The average molecular weight is 349 g/mol. The molecule has 0 aromatic rings. The molecule has 5 heavy (non-hydrogen) atoms. The van der Waals surface area contributed by atoms with Gasteiger partial charge in [0.05, 0.1) is 0 Å². The topological polar surface area (TPSA) is 0 Å².